The van der Waals surface area contributed by atoms with Crippen LogP contribution in [-0.2, 0) is 13.0 Å². The zero-order chi connectivity index (χ0) is 12.7. The molecule has 1 saturated carbocycles. The van der Waals surface area contributed by atoms with Crippen molar-refractivity contribution in [3.8, 4) is 5.75 Å². The number of furan rings is 1. The molecule has 3 heteroatoms. The summed E-state index contributed by atoms with van der Waals surface area (Å²) in [5.74, 6) is 2.40. The van der Waals surface area contributed by atoms with Gasteiger partial charge in [-0.3, -0.25) is 0 Å². The number of hydrogen-bond donors (Lipinski definition) is 1. The van der Waals surface area contributed by atoms with E-state index in [9.17, 15) is 0 Å². The molecular weight excluding hydrogens is 226 g/mol. The molecule has 2 aromatic rings. The van der Waals surface area contributed by atoms with E-state index in [0.29, 0.717) is 12.5 Å². The van der Waals surface area contributed by atoms with E-state index in [1.807, 2.05) is 0 Å². The Bertz CT molecular complexity index is 582. The normalized spacial score (nSPS) is 15.3. The highest BCUT2D eigenvalue weighted by Crippen LogP contribution is 2.47. The molecule has 96 valence electrons. The van der Waals surface area contributed by atoms with Crippen LogP contribution in [0.3, 0.4) is 0 Å². The van der Waals surface area contributed by atoms with Gasteiger partial charge < -0.3 is 14.9 Å². The average molecular weight is 245 g/mol. The van der Waals surface area contributed by atoms with Crippen LogP contribution in [0.25, 0.3) is 11.0 Å². The van der Waals surface area contributed by atoms with Gasteiger partial charge in [0, 0.05) is 10.9 Å². The first kappa shape index (κ1) is 11.6. The predicted octanol–water partition coefficient (Wildman–Crippen LogP) is 3.34. The number of aryl methyl sites for hydroxylation is 1. The molecule has 0 radical (unpaired) electrons. The molecule has 0 spiro atoms. The maximum absolute atomic E-state index is 5.92. The van der Waals surface area contributed by atoms with Gasteiger partial charge in [0.15, 0.2) is 11.3 Å². The van der Waals surface area contributed by atoms with E-state index in [1.165, 1.54) is 29.4 Å². The number of fused-ring (bicyclic) bond motifs is 1. The lowest BCUT2D eigenvalue weighted by atomic mass is 10.0. The van der Waals surface area contributed by atoms with Crippen LogP contribution in [0, 0.1) is 0 Å². The summed E-state index contributed by atoms with van der Waals surface area (Å²) in [4.78, 5) is 0. The summed E-state index contributed by atoms with van der Waals surface area (Å²) >= 11 is 0. The monoisotopic (exact) mass is 245 g/mol. The number of benzene rings is 1. The number of ether oxygens (including phenoxy) is 1. The Morgan fingerprint density at radius 1 is 1.39 bits per heavy atom. The molecule has 18 heavy (non-hydrogen) atoms. The van der Waals surface area contributed by atoms with Gasteiger partial charge in [-0.25, -0.2) is 0 Å². The Hall–Kier alpha value is -1.48. The Morgan fingerprint density at radius 3 is 2.72 bits per heavy atom. The maximum Gasteiger partial charge on any atom is 0.176 e. The van der Waals surface area contributed by atoms with E-state index < -0.39 is 0 Å². The van der Waals surface area contributed by atoms with Gasteiger partial charge in [-0.2, -0.15) is 0 Å². The molecule has 0 saturated heterocycles. The van der Waals surface area contributed by atoms with E-state index >= 15 is 0 Å². The second kappa shape index (κ2) is 4.32. The second-order valence-electron chi connectivity index (χ2n) is 4.95. The van der Waals surface area contributed by atoms with E-state index in [4.69, 9.17) is 14.9 Å². The van der Waals surface area contributed by atoms with E-state index in [2.05, 4.69) is 19.1 Å². The number of rotatable bonds is 4. The maximum atomic E-state index is 5.92. The first-order valence-electron chi connectivity index (χ1n) is 6.60. The van der Waals surface area contributed by atoms with Gasteiger partial charge >= 0.3 is 0 Å². The summed E-state index contributed by atoms with van der Waals surface area (Å²) < 4.78 is 11.4. The molecule has 1 aromatic heterocycles. The van der Waals surface area contributed by atoms with Gasteiger partial charge in [0.2, 0.25) is 0 Å². The third-order valence-electron chi connectivity index (χ3n) is 3.73. The molecule has 0 amide bonds. The third kappa shape index (κ3) is 1.70. The van der Waals surface area contributed by atoms with Gasteiger partial charge in [0.05, 0.1) is 13.7 Å². The summed E-state index contributed by atoms with van der Waals surface area (Å²) in [6, 6.07) is 4.29. The van der Waals surface area contributed by atoms with Crippen LogP contribution in [0.15, 0.2) is 16.5 Å². The van der Waals surface area contributed by atoms with Crippen LogP contribution in [0.4, 0.5) is 0 Å². The predicted molar refractivity (Wildman–Crippen MR) is 72.0 cm³/mol. The van der Waals surface area contributed by atoms with Crippen molar-refractivity contribution in [3.63, 3.8) is 0 Å². The highest BCUT2D eigenvalue weighted by molar-refractivity contribution is 5.89. The topological polar surface area (TPSA) is 48.4 Å². The first-order valence-corrected chi connectivity index (χ1v) is 6.60. The summed E-state index contributed by atoms with van der Waals surface area (Å²) in [6.45, 7) is 2.62. The van der Waals surface area contributed by atoms with Gasteiger partial charge in [0.1, 0.15) is 5.76 Å². The Balaban J connectivity index is 2.29. The quantitative estimate of drug-likeness (QED) is 0.898. The summed E-state index contributed by atoms with van der Waals surface area (Å²) in [5.41, 5.74) is 9.27. The highest BCUT2D eigenvalue weighted by atomic mass is 16.5. The molecule has 2 N–H and O–H groups in total. The van der Waals surface area contributed by atoms with E-state index in [1.54, 1.807) is 7.11 Å². The van der Waals surface area contributed by atoms with Crippen LogP contribution >= 0.6 is 0 Å². The molecule has 0 bridgehead atoms. The van der Waals surface area contributed by atoms with Gasteiger partial charge in [-0.15, -0.1) is 0 Å². The zero-order valence-electron chi connectivity index (χ0n) is 11.0. The average Bonchev–Trinajstić information content (AvgIpc) is 3.17. The number of hydrogen-bond acceptors (Lipinski definition) is 3. The van der Waals surface area contributed by atoms with E-state index in [0.717, 1.165) is 23.5 Å². The van der Waals surface area contributed by atoms with Gasteiger partial charge in [-0.1, -0.05) is 6.92 Å². The molecule has 1 fully saturated rings. The van der Waals surface area contributed by atoms with Crippen molar-refractivity contribution in [2.75, 3.05) is 7.11 Å². The minimum atomic E-state index is 0.463. The van der Waals surface area contributed by atoms with Crippen molar-refractivity contribution in [3.05, 3.63) is 29.0 Å². The molecule has 0 unspecified atom stereocenters. The minimum Gasteiger partial charge on any atom is -0.493 e. The van der Waals surface area contributed by atoms with Crippen LogP contribution < -0.4 is 10.5 Å². The van der Waals surface area contributed by atoms with Crippen molar-refractivity contribution in [1.82, 2.24) is 0 Å². The molecule has 0 aliphatic heterocycles. The lowest BCUT2D eigenvalue weighted by Gasteiger charge is -2.04. The minimum absolute atomic E-state index is 0.463. The largest absolute Gasteiger partial charge is 0.493 e. The lowest BCUT2D eigenvalue weighted by Crippen LogP contribution is -1.97. The lowest BCUT2D eigenvalue weighted by molar-refractivity contribution is 0.407. The van der Waals surface area contributed by atoms with Crippen molar-refractivity contribution < 1.29 is 9.15 Å². The van der Waals surface area contributed by atoms with Gasteiger partial charge in [-0.05, 0) is 42.9 Å². The standard InChI is InChI=1S/C15H19NO2/c1-3-9-6-11-14(10-4-5-10)13(8-16)18-15(11)12(7-9)17-2/h6-7,10H,3-5,8,16H2,1-2H3. The molecule has 1 aliphatic carbocycles. The van der Waals surface area contributed by atoms with Crippen molar-refractivity contribution >= 4 is 11.0 Å². The Kier molecular flexibility index (Phi) is 2.78. The van der Waals surface area contributed by atoms with Crippen molar-refractivity contribution in [2.24, 2.45) is 5.73 Å². The number of methoxy groups -OCH3 is 1. The molecule has 3 nitrogen and oxygen atoms in total. The van der Waals surface area contributed by atoms with Crippen LogP contribution in [-0.4, -0.2) is 7.11 Å². The SMILES string of the molecule is CCc1cc(OC)c2oc(CN)c(C3CC3)c2c1. The van der Waals surface area contributed by atoms with Crippen LogP contribution in [0.5, 0.6) is 5.75 Å². The molecule has 0 atom stereocenters. The molecule has 1 aliphatic rings. The Labute approximate surface area is 107 Å². The molecular formula is C15H19NO2. The fourth-order valence-corrected chi connectivity index (χ4v) is 2.62. The number of nitrogens with two attached hydrogens (primary N) is 1. The van der Waals surface area contributed by atoms with Crippen molar-refractivity contribution in [2.45, 2.75) is 38.6 Å². The second-order valence-corrected chi connectivity index (χ2v) is 4.95. The van der Waals surface area contributed by atoms with E-state index in [-0.39, 0.29) is 0 Å². The van der Waals surface area contributed by atoms with Crippen LogP contribution in [0.1, 0.15) is 42.6 Å². The summed E-state index contributed by atoms with van der Waals surface area (Å²) in [7, 11) is 1.69. The summed E-state index contributed by atoms with van der Waals surface area (Å²) in [5, 5.41) is 1.20. The molecule has 1 heterocycles. The van der Waals surface area contributed by atoms with Gasteiger partial charge in [0.25, 0.3) is 0 Å². The molecule has 3 rings (SSSR count). The summed E-state index contributed by atoms with van der Waals surface area (Å²) in [6.07, 6.45) is 3.50. The third-order valence-corrected chi connectivity index (χ3v) is 3.73. The van der Waals surface area contributed by atoms with Crippen LogP contribution in [0.2, 0.25) is 0 Å². The fourth-order valence-electron chi connectivity index (χ4n) is 2.62. The smallest absolute Gasteiger partial charge is 0.176 e. The Morgan fingerprint density at radius 2 is 2.17 bits per heavy atom. The highest BCUT2D eigenvalue weighted by Gasteiger charge is 2.31. The molecule has 1 aromatic carbocycles. The first-order chi connectivity index (χ1) is 8.78. The van der Waals surface area contributed by atoms with Crippen molar-refractivity contribution in [1.29, 1.82) is 0 Å². The fraction of sp³-hybridized carbons (Fsp3) is 0.467. The zero-order valence-corrected chi connectivity index (χ0v) is 11.0.